The van der Waals surface area contributed by atoms with Gasteiger partial charge in [0.2, 0.25) is 0 Å². The molecule has 1 heterocycles. The minimum atomic E-state index is -1.17. The summed E-state index contributed by atoms with van der Waals surface area (Å²) < 4.78 is 14.9. The van der Waals surface area contributed by atoms with Gasteiger partial charge in [-0.05, 0) is 16.8 Å². The maximum absolute atomic E-state index is 12.4. The third-order valence-electron chi connectivity index (χ3n) is 4.24. The van der Waals surface area contributed by atoms with Crippen LogP contribution in [0.5, 0.6) is 0 Å². The van der Waals surface area contributed by atoms with E-state index in [2.05, 4.69) is 0 Å². The van der Waals surface area contributed by atoms with Crippen molar-refractivity contribution in [3.8, 4) is 0 Å². The predicted molar refractivity (Wildman–Crippen MR) is 95.3 cm³/mol. The van der Waals surface area contributed by atoms with E-state index in [0.29, 0.717) is 5.39 Å². The Morgan fingerprint density at radius 1 is 1.04 bits per heavy atom. The zero-order valence-electron chi connectivity index (χ0n) is 14.7. The van der Waals surface area contributed by atoms with Gasteiger partial charge in [0.1, 0.15) is 12.4 Å². The molecule has 0 saturated heterocycles. The lowest BCUT2D eigenvalue weighted by Gasteiger charge is -2.32. The first-order valence-corrected chi connectivity index (χ1v) is 7.99. The van der Waals surface area contributed by atoms with Gasteiger partial charge in [-0.15, -0.1) is 0 Å². The molecule has 27 heavy (non-hydrogen) atoms. The smallest absolute Gasteiger partial charge is 0.355 e. The minimum Gasteiger partial charge on any atom is -0.478 e. The van der Waals surface area contributed by atoms with Crippen molar-refractivity contribution in [1.82, 2.24) is 0 Å². The van der Waals surface area contributed by atoms with E-state index in [1.54, 1.807) is 36.4 Å². The number of carboxylic acid groups (broad SMARTS) is 1. The Balaban J connectivity index is 2.28. The monoisotopic (exact) mass is 371 g/mol. The summed E-state index contributed by atoms with van der Waals surface area (Å²) in [5, 5.41) is 11.0. The molecule has 0 aliphatic carbocycles. The summed E-state index contributed by atoms with van der Waals surface area (Å²) in [5.41, 5.74) is 0.0559. The lowest BCUT2D eigenvalue weighted by Crippen LogP contribution is -2.39. The highest BCUT2D eigenvalue weighted by Crippen LogP contribution is 2.34. The first-order valence-electron chi connectivity index (χ1n) is 7.99. The highest BCUT2D eigenvalue weighted by atomic mass is 16.5. The maximum Gasteiger partial charge on any atom is 0.355 e. The van der Waals surface area contributed by atoms with Crippen molar-refractivity contribution in [1.29, 1.82) is 0 Å². The summed E-state index contributed by atoms with van der Waals surface area (Å²) in [4.78, 5) is 37.8. The van der Waals surface area contributed by atoms with E-state index in [4.69, 9.17) is 14.2 Å². The first-order chi connectivity index (χ1) is 13.0. The van der Waals surface area contributed by atoms with E-state index in [-0.39, 0.29) is 35.9 Å². The van der Waals surface area contributed by atoms with Crippen molar-refractivity contribution < 1.29 is 33.7 Å². The number of ether oxygens (including phenoxy) is 3. The molecule has 1 aliphatic heterocycles. The molecule has 1 N–H and O–H groups in total. The van der Waals surface area contributed by atoms with Gasteiger partial charge in [0.05, 0.1) is 37.7 Å². The van der Waals surface area contributed by atoms with Gasteiger partial charge in [-0.3, -0.25) is 0 Å². The number of esters is 2. The van der Waals surface area contributed by atoms with Crippen LogP contribution < -0.4 is 4.90 Å². The highest BCUT2D eigenvalue weighted by molar-refractivity contribution is 6.11. The summed E-state index contributed by atoms with van der Waals surface area (Å²) >= 11 is 0. The topological polar surface area (TPSA) is 102 Å². The second-order valence-electron chi connectivity index (χ2n) is 5.70. The van der Waals surface area contributed by atoms with Crippen molar-refractivity contribution in [2.24, 2.45) is 0 Å². The van der Waals surface area contributed by atoms with E-state index < -0.39 is 17.9 Å². The molecule has 2 aromatic rings. The zero-order chi connectivity index (χ0) is 19.6. The molecule has 3 rings (SSSR count). The number of rotatable bonds is 4. The van der Waals surface area contributed by atoms with Gasteiger partial charge in [-0.1, -0.05) is 30.3 Å². The Morgan fingerprint density at radius 3 is 2.41 bits per heavy atom. The fraction of sp³-hybridized carbons (Fsp3) is 0.211. The van der Waals surface area contributed by atoms with Gasteiger partial charge in [-0.2, -0.15) is 0 Å². The Morgan fingerprint density at radius 2 is 1.74 bits per heavy atom. The number of nitrogens with zero attached hydrogens (tertiary/aromatic N) is 1. The number of methoxy groups -OCH3 is 2. The largest absolute Gasteiger partial charge is 0.478 e. The van der Waals surface area contributed by atoms with Crippen LogP contribution in [0.2, 0.25) is 0 Å². The van der Waals surface area contributed by atoms with Crippen LogP contribution in [0.3, 0.4) is 0 Å². The van der Waals surface area contributed by atoms with Crippen LogP contribution >= 0.6 is 0 Å². The molecule has 0 aromatic heterocycles. The quantitative estimate of drug-likeness (QED) is 0.814. The number of hydrogen-bond donors (Lipinski definition) is 1. The number of carbonyl (C=O) groups is 3. The molecule has 0 spiro atoms. The molecule has 0 unspecified atom stereocenters. The van der Waals surface area contributed by atoms with Crippen molar-refractivity contribution in [2.45, 2.75) is 0 Å². The molecule has 140 valence electrons. The van der Waals surface area contributed by atoms with Crippen LogP contribution in [0.25, 0.3) is 10.8 Å². The Hall–Kier alpha value is -3.39. The van der Waals surface area contributed by atoms with E-state index in [9.17, 15) is 19.5 Å². The minimum absolute atomic E-state index is 0.00998. The number of fused-ring (bicyclic) bond motifs is 1. The molecule has 0 saturated carbocycles. The highest BCUT2D eigenvalue weighted by Gasteiger charge is 2.34. The third kappa shape index (κ3) is 3.22. The van der Waals surface area contributed by atoms with Crippen molar-refractivity contribution >= 4 is 34.4 Å². The van der Waals surface area contributed by atoms with Crippen molar-refractivity contribution in [3.63, 3.8) is 0 Å². The molecule has 0 fully saturated rings. The maximum atomic E-state index is 12.4. The lowest BCUT2D eigenvalue weighted by atomic mass is 10.0. The van der Waals surface area contributed by atoms with Crippen molar-refractivity contribution in [3.05, 3.63) is 53.2 Å². The summed E-state index contributed by atoms with van der Waals surface area (Å²) in [6, 6.07) is 10.3. The van der Waals surface area contributed by atoms with Gasteiger partial charge < -0.3 is 24.2 Å². The normalized spacial score (nSPS) is 14.2. The summed E-state index contributed by atoms with van der Waals surface area (Å²) in [5.74, 6) is -2.71. The van der Waals surface area contributed by atoms with E-state index in [1.807, 2.05) is 0 Å². The van der Waals surface area contributed by atoms with E-state index in [0.717, 1.165) is 5.39 Å². The number of hydrogen-bond acceptors (Lipinski definition) is 7. The van der Waals surface area contributed by atoms with Crippen LogP contribution in [-0.4, -0.2) is 50.6 Å². The summed E-state index contributed by atoms with van der Waals surface area (Å²) in [7, 11) is 2.36. The van der Waals surface area contributed by atoms with Gasteiger partial charge >= 0.3 is 17.9 Å². The fourth-order valence-electron chi connectivity index (χ4n) is 3.04. The molecule has 0 atom stereocenters. The van der Waals surface area contributed by atoms with Crippen molar-refractivity contribution in [2.75, 3.05) is 32.5 Å². The third-order valence-corrected chi connectivity index (χ3v) is 4.24. The molecule has 8 heteroatoms. The lowest BCUT2D eigenvalue weighted by molar-refractivity contribution is -0.140. The molecule has 0 amide bonds. The van der Waals surface area contributed by atoms with E-state index >= 15 is 0 Å². The van der Waals surface area contributed by atoms with Crippen LogP contribution in [0.15, 0.2) is 47.7 Å². The second-order valence-corrected chi connectivity index (χ2v) is 5.70. The number of carboxylic acids is 1. The van der Waals surface area contributed by atoms with E-state index in [1.165, 1.54) is 19.1 Å². The predicted octanol–water partition coefficient (Wildman–Crippen LogP) is 1.93. The van der Waals surface area contributed by atoms with Gasteiger partial charge in [0.25, 0.3) is 0 Å². The molecule has 0 bridgehead atoms. The Labute approximate surface area is 154 Å². The van der Waals surface area contributed by atoms with Gasteiger partial charge in [-0.25, -0.2) is 14.4 Å². The number of aromatic carboxylic acids is 1. The standard InChI is InChI=1S/C19H17NO7/c1-25-18(23)13-9-27-10-20(16(13)19(24)26-2)14-8-7-11-5-3-4-6-12(11)15(14)17(21)22/h3-8H,9-10H2,1-2H3,(H,21,22). The molecule has 2 aromatic carbocycles. The molecule has 0 radical (unpaired) electrons. The number of anilines is 1. The van der Waals surface area contributed by atoms with Crippen LogP contribution in [0.4, 0.5) is 5.69 Å². The summed E-state index contributed by atoms with van der Waals surface area (Å²) in [6.45, 7) is -0.271. The average molecular weight is 371 g/mol. The van der Waals surface area contributed by atoms with Crippen LogP contribution in [0.1, 0.15) is 10.4 Å². The number of carbonyl (C=O) groups excluding carboxylic acids is 2. The second kappa shape index (κ2) is 7.46. The SMILES string of the molecule is COC(=O)C1=C(C(=O)OC)N(c2ccc3ccccc3c2C(=O)O)COC1. The molecular formula is C19H17NO7. The fourth-order valence-corrected chi connectivity index (χ4v) is 3.04. The number of benzene rings is 2. The first kappa shape index (κ1) is 18.4. The average Bonchev–Trinajstić information content (AvgIpc) is 2.70. The summed E-state index contributed by atoms with van der Waals surface area (Å²) in [6.07, 6.45) is 0. The van der Waals surface area contributed by atoms with Gasteiger partial charge in [0, 0.05) is 0 Å². The molecule has 8 nitrogen and oxygen atoms in total. The zero-order valence-corrected chi connectivity index (χ0v) is 14.7. The Kier molecular flexibility index (Phi) is 5.09. The Bertz CT molecular complexity index is 964. The molecular weight excluding hydrogens is 354 g/mol. The van der Waals surface area contributed by atoms with Crippen LogP contribution in [0, 0.1) is 0 Å². The van der Waals surface area contributed by atoms with Crippen LogP contribution in [-0.2, 0) is 23.8 Å². The molecule has 1 aliphatic rings. The van der Waals surface area contributed by atoms with Gasteiger partial charge in [0.15, 0.2) is 0 Å².